The first-order valence-corrected chi connectivity index (χ1v) is 14.8. The number of sulfonamides is 1. The summed E-state index contributed by atoms with van der Waals surface area (Å²) in [4.78, 5) is 12.6. The summed E-state index contributed by atoms with van der Waals surface area (Å²) in [5, 5.41) is 18.2. The standard InChI is InChI=1S/C29H38N4O5S/c1-6-21-14-22-10-8-9-11-26(22)39(36,37)33(16-21)17-24-15-23(13-12-20(24)3)27(29(4,5)28(34)35)38-19-25-18-32(7-2)31-30-25/h8-13,15,18,21,27H,6-7,14,16-17,19H2,1-5H3,(H,34,35)/t21-,27-/m0/s1. The Labute approximate surface area is 230 Å². The topological polar surface area (TPSA) is 115 Å². The van der Waals surface area contributed by atoms with Crippen molar-refractivity contribution >= 4 is 16.0 Å². The molecule has 0 amide bonds. The molecule has 0 saturated heterocycles. The lowest BCUT2D eigenvalue weighted by atomic mass is 9.81. The number of aromatic nitrogens is 3. The average Bonchev–Trinajstić information content (AvgIpc) is 3.33. The summed E-state index contributed by atoms with van der Waals surface area (Å²) in [6.07, 6.45) is 2.56. The molecule has 0 spiro atoms. The monoisotopic (exact) mass is 554 g/mol. The van der Waals surface area contributed by atoms with Gasteiger partial charge < -0.3 is 9.84 Å². The predicted octanol–water partition coefficient (Wildman–Crippen LogP) is 4.75. The Morgan fingerprint density at radius 3 is 2.62 bits per heavy atom. The number of carboxylic acids is 1. The molecule has 0 fully saturated rings. The largest absolute Gasteiger partial charge is 0.481 e. The molecule has 1 N–H and O–H groups in total. The van der Waals surface area contributed by atoms with Crippen LogP contribution in [0.15, 0.2) is 53.6 Å². The van der Waals surface area contributed by atoms with E-state index in [1.807, 2.05) is 44.2 Å². The molecule has 0 bridgehead atoms. The van der Waals surface area contributed by atoms with Gasteiger partial charge in [-0.15, -0.1) is 5.10 Å². The van der Waals surface area contributed by atoms with Crippen LogP contribution in [0.3, 0.4) is 0 Å². The van der Waals surface area contributed by atoms with Crippen molar-refractivity contribution in [1.82, 2.24) is 19.3 Å². The van der Waals surface area contributed by atoms with Crippen molar-refractivity contribution in [1.29, 1.82) is 0 Å². The van der Waals surface area contributed by atoms with Gasteiger partial charge in [0.2, 0.25) is 10.0 Å². The van der Waals surface area contributed by atoms with E-state index in [0.717, 1.165) is 23.1 Å². The van der Waals surface area contributed by atoms with Crippen LogP contribution in [-0.4, -0.2) is 45.3 Å². The molecule has 0 aliphatic carbocycles. The first-order chi connectivity index (χ1) is 18.5. The first-order valence-electron chi connectivity index (χ1n) is 13.4. The molecule has 10 heteroatoms. The van der Waals surface area contributed by atoms with Crippen molar-refractivity contribution in [2.45, 2.75) is 78.2 Å². The fourth-order valence-electron chi connectivity index (χ4n) is 5.02. The predicted molar refractivity (Wildman–Crippen MR) is 147 cm³/mol. The number of carboxylic acid groups (broad SMARTS) is 1. The van der Waals surface area contributed by atoms with Gasteiger partial charge in [0.25, 0.3) is 0 Å². The van der Waals surface area contributed by atoms with Gasteiger partial charge in [0, 0.05) is 19.6 Å². The van der Waals surface area contributed by atoms with Crippen molar-refractivity contribution in [2.75, 3.05) is 6.54 Å². The summed E-state index contributed by atoms with van der Waals surface area (Å²) in [7, 11) is -3.71. The summed E-state index contributed by atoms with van der Waals surface area (Å²) < 4.78 is 37.0. The van der Waals surface area contributed by atoms with Gasteiger partial charge in [0.15, 0.2) is 0 Å². The number of hydrogen-bond acceptors (Lipinski definition) is 6. The summed E-state index contributed by atoms with van der Waals surface area (Å²) in [5.41, 5.74) is 2.62. The Bertz CT molecular complexity index is 1430. The lowest BCUT2D eigenvalue weighted by Gasteiger charge is -2.31. The minimum Gasteiger partial charge on any atom is -0.481 e. The van der Waals surface area contributed by atoms with E-state index < -0.39 is 27.5 Å². The van der Waals surface area contributed by atoms with E-state index in [9.17, 15) is 18.3 Å². The average molecular weight is 555 g/mol. The van der Waals surface area contributed by atoms with Crippen molar-refractivity contribution in [3.8, 4) is 0 Å². The van der Waals surface area contributed by atoms with Crippen LogP contribution in [0.4, 0.5) is 0 Å². The van der Waals surface area contributed by atoms with E-state index in [1.54, 1.807) is 41.2 Å². The third-order valence-electron chi connectivity index (χ3n) is 7.68. The number of hydrogen-bond donors (Lipinski definition) is 1. The summed E-state index contributed by atoms with van der Waals surface area (Å²) in [6.45, 7) is 10.6. The third-order valence-corrected chi connectivity index (χ3v) is 9.59. The van der Waals surface area contributed by atoms with Crippen LogP contribution in [0.5, 0.6) is 0 Å². The van der Waals surface area contributed by atoms with Crippen LogP contribution in [0.1, 0.15) is 68.2 Å². The van der Waals surface area contributed by atoms with Crippen molar-refractivity contribution < 1.29 is 23.1 Å². The zero-order valence-electron chi connectivity index (χ0n) is 23.3. The van der Waals surface area contributed by atoms with Gasteiger partial charge in [-0.1, -0.05) is 55.0 Å². The van der Waals surface area contributed by atoms with Crippen LogP contribution >= 0.6 is 0 Å². The normalized spacial score (nSPS) is 18.3. The van der Waals surface area contributed by atoms with Crippen molar-refractivity contribution in [3.63, 3.8) is 0 Å². The first kappa shape index (κ1) is 28.9. The fraction of sp³-hybridized carbons (Fsp3) is 0.483. The van der Waals surface area contributed by atoms with E-state index in [2.05, 4.69) is 17.2 Å². The molecule has 1 aromatic heterocycles. The van der Waals surface area contributed by atoms with E-state index in [-0.39, 0.29) is 19.1 Å². The molecule has 2 atom stereocenters. The van der Waals surface area contributed by atoms with Gasteiger partial charge in [-0.3, -0.25) is 9.48 Å². The maximum absolute atomic E-state index is 13.8. The van der Waals surface area contributed by atoms with E-state index >= 15 is 0 Å². The molecular formula is C29H38N4O5S. The van der Waals surface area contributed by atoms with Crippen LogP contribution in [-0.2, 0) is 45.7 Å². The fourth-order valence-corrected chi connectivity index (χ4v) is 6.75. The zero-order valence-corrected chi connectivity index (χ0v) is 24.1. The SMILES string of the molecule is CC[C@H]1Cc2ccccc2S(=O)(=O)N(Cc2cc([C@H](OCc3cn(CC)nn3)C(C)(C)C(=O)O)ccc2C)C1. The Morgan fingerprint density at radius 2 is 1.95 bits per heavy atom. The van der Waals surface area contributed by atoms with Gasteiger partial charge >= 0.3 is 5.97 Å². The van der Waals surface area contributed by atoms with E-state index in [1.165, 1.54) is 0 Å². The molecule has 2 aromatic carbocycles. The molecule has 4 rings (SSSR count). The number of benzene rings is 2. The smallest absolute Gasteiger partial charge is 0.312 e. The highest BCUT2D eigenvalue weighted by molar-refractivity contribution is 7.89. The highest BCUT2D eigenvalue weighted by atomic mass is 32.2. The van der Waals surface area contributed by atoms with Crippen LogP contribution in [0.2, 0.25) is 0 Å². The van der Waals surface area contributed by atoms with Gasteiger partial charge in [0.1, 0.15) is 5.69 Å². The second-order valence-electron chi connectivity index (χ2n) is 10.9. The van der Waals surface area contributed by atoms with E-state index in [0.29, 0.717) is 35.7 Å². The maximum atomic E-state index is 13.8. The summed E-state index contributed by atoms with van der Waals surface area (Å²) in [5.74, 6) is -0.796. The number of aryl methyl sites for hydroxylation is 2. The summed E-state index contributed by atoms with van der Waals surface area (Å²) in [6, 6.07) is 12.9. The van der Waals surface area contributed by atoms with Crippen LogP contribution < -0.4 is 0 Å². The minimum absolute atomic E-state index is 0.0973. The number of nitrogens with zero attached hydrogens (tertiary/aromatic N) is 4. The lowest BCUT2D eigenvalue weighted by Crippen LogP contribution is -2.34. The molecule has 1 aliphatic heterocycles. The molecule has 2 heterocycles. The molecule has 210 valence electrons. The van der Waals surface area contributed by atoms with Gasteiger partial charge in [0.05, 0.1) is 29.2 Å². The molecule has 1 aliphatic rings. The number of aliphatic carboxylic acids is 1. The second kappa shape index (κ2) is 11.6. The highest BCUT2D eigenvalue weighted by Gasteiger charge is 2.40. The summed E-state index contributed by atoms with van der Waals surface area (Å²) >= 11 is 0. The Balaban J connectivity index is 1.68. The number of carbonyl (C=O) groups is 1. The third kappa shape index (κ3) is 6.08. The molecule has 3 aromatic rings. The van der Waals surface area contributed by atoms with Gasteiger partial charge in [-0.25, -0.2) is 8.42 Å². The Hall–Kier alpha value is -3.08. The molecule has 0 saturated carbocycles. The molecule has 0 unspecified atom stereocenters. The lowest BCUT2D eigenvalue weighted by molar-refractivity contribution is -0.158. The van der Waals surface area contributed by atoms with Gasteiger partial charge in [-0.2, -0.15) is 4.31 Å². The molecule has 9 nitrogen and oxygen atoms in total. The van der Waals surface area contributed by atoms with Crippen molar-refractivity contribution in [2.24, 2.45) is 11.3 Å². The quantitative estimate of drug-likeness (QED) is 0.385. The maximum Gasteiger partial charge on any atom is 0.312 e. The van der Waals surface area contributed by atoms with Crippen LogP contribution in [0, 0.1) is 18.3 Å². The van der Waals surface area contributed by atoms with Gasteiger partial charge in [-0.05, 0) is 68.4 Å². The Kier molecular flexibility index (Phi) is 8.58. The number of rotatable bonds is 10. The number of ether oxygens (including phenoxy) is 1. The zero-order chi connectivity index (χ0) is 28.4. The minimum atomic E-state index is -3.71. The Morgan fingerprint density at radius 1 is 1.21 bits per heavy atom. The van der Waals surface area contributed by atoms with E-state index in [4.69, 9.17) is 4.74 Å². The second-order valence-corrected chi connectivity index (χ2v) is 12.8. The molecule has 39 heavy (non-hydrogen) atoms. The number of fused-ring (bicyclic) bond motifs is 1. The molecular weight excluding hydrogens is 516 g/mol. The highest BCUT2D eigenvalue weighted by Crippen LogP contribution is 2.39. The van der Waals surface area contributed by atoms with Crippen LogP contribution in [0.25, 0.3) is 0 Å². The van der Waals surface area contributed by atoms with Crippen molar-refractivity contribution in [3.05, 3.63) is 76.6 Å². The molecule has 0 radical (unpaired) electrons.